The van der Waals surface area contributed by atoms with Crippen LogP contribution in [0, 0.1) is 11.8 Å². The van der Waals surface area contributed by atoms with Crippen molar-refractivity contribution in [3.8, 4) is 0 Å². The maximum absolute atomic E-state index is 14.6. The number of halogens is 4. The number of ketones is 1. The second kappa shape index (κ2) is 10.7. The predicted octanol–water partition coefficient (Wildman–Crippen LogP) is 8.57. The number of carbonyl (C=O) groups excluding carboxylic acids is 1. The molecule has 4 aromatic carbocycles. The van der Waals surface area contributed by atoms with Gasteiger partial charge in [-0.2, -0.15) is 0 Å². The Kier molecular flexibility index (Phi) is 7.26. The molecule has 2 aliphatic heterocycles. The molecule has 6 atom stereocenters. The second-order valence-corrected chi connectivity index (χ2v) is 11.6. The number of nitrogens with one attached hydrogen (secondary N) is 2. The standard InChI is InChI=1S/C31H24Cl4N2O/c32-21-9-1-17(2-10-21)27-25-28(18-3-11-22(33)12-4-18)37-30(20-7-15-24(35)16-8-20)26(31(25)38)29(36-27)19-5-13-23(34)14-6-19/h1-16,25-30,36-37H/t25?,26?,27-,28+,29+,30-. The summed E-state index contributed by atoms with van der Waals surface area (Å²) in [6, 6.07) is 30.0. The molecule has 3 nitrogen and oxygen atoms in total. The number of piperidine rings is 2. The summed E-state index contributed by atoms with van der Waals surface area (Å²) in [6.45, 7) is 0. The van der Waals surface area contributed by atoms with Crippen LogP contribution in [-0.4, -0.2) is 5.78 Å². The third-order valence-electron chi connectivity index (χ3n) is 7.73. The molecule has 2 saturated heterocycles. The van der Waals surface area contributed by atoms with Gasteiger partial charge in [-0.05, 0) is 70.8 Å². The maximum Gasteiger partial charge on any atom is 0.146 e. The molecule has 0 radical (unpaired) electrons. The summed E-state index contributed by atoms with van der Waals surface area (Å²) in [6.07, 6.45) is 0. The highest BCUT2D eigenvalue weighted by Crippen LogP contribution is 2.52. The molecule has 6 rings (SSSR count). The van der Waals surface area contributed by atoms with Crippen LogP contribution in [0.5, 0.6) is 0 Å². The van der Waals surface area contributed by atoms with Gasteiger partial charge < -0.3 is 10.6 Å². The molecule has 0 aliphatic carbocycles. The third kappa shape index (κ3) is 4.88. The lowest BCUT2D eigenvalue weighted by Crippen LogP contribution is -2.60. The minimum atomic E-state index is -0.352. The number of rotatable bonds is 4. The molecule has 192 valence electrons. The van der Waals surface area contributed by atoms with Gasteiger partial charge in [-0.25, -0.2) is 0 Å². The van der Waals surface area contributed by atoms with Crippen LogP contribution in [0.2, 0.25) is 20.1 Å². The quantitative estimate of drug-likeness (QED) is 0.253. The predicted molar refractivity (Wildman–Crippen MR) is 155 cm³/mol. The molecule has 4 aromatic rings. The van der Waals surface area contributed by atoms with E-state index >= 15 is 0 Å². The van der Waals surface area contributed by atoms with E-state index in [0.717, 1.165) is 22.3 Å². The van der Waals surface area contributed by atoms with E-state index in [4.69, 9.17) is 46.4 Å². The van der Waals surface area contributed by atoms with E-state index in [1.165, 1.54) is 0 Å². The van der Waals surface area contributed by atoms with Crippen molar-refractivity contribution in [3.63, 3.8) is 0 Å². The summed E-state index contributed by atoms with van der Waals surface area (Å²) in [5.41, 5.74) is 4.04. The van der Waals surface area contributed by atoms with E-state index < -0.39 is 0 Å². The fourth-order valence-electron chi connectivity index (χ4n) is 5.96. The number of carbonyl (C=O) groups is 1. The Hall–Kier alpha value is -2.37. The van der Waals surface area contributed by atoms with Gasteiger partial charge in [0.05, 0.1) is 11.8 Å². The molecule has 7 heteroatoms. The van der Waals surface area contributed by atoms with E-state index in [0.29, 0.717) is 20.1 Å². The van der Waals surface area contributed by atoms with Crippen molar-refractivity contribution in [2.45, 2.75) is 24.2 Å². The SMILES string of the molecule is O=C1C2[C@@H](c3ccc(Cl)cc3)N[C@@H](c3ccc(Cl)cc3)C1[C@@H](c1ccc(Cl)cc1)N[C@H]2c1ccc(Cl)cc1. The minimum absolute atomic E-state index is 0.210. The number of fused-ring (bicyclic) bond motifs is 2. The summed E-state index contributed by atoms with van der Waals surface area (Å²) in [7, 11) is 0. The van der Waals surface area contributed by atoms with Crippen LogP contribution in [0.1, 0.15) is 46.4 Å². The Morgan fingerprint density at radius 2 is 0.605 bits per heavy atom. The van der Waals surface area contributed by atoms with Gasteiger partial charge in [0.25, 0.3) is 0 Å². The van der Waals surface area contributed by atoms with Crippen molar-refractivity contribution in [1.29, 1.82) is 0 Å². The van der Waals surface area contributed by atoms with Gasteiger partial charge in [0, 0.05) is 44.3 Å². The highest BCUT2D eigenvalue weighted by Gasteiger charge is 2.55. The minimum Gasteiger partial charge on any atom is -0.302 e. The molecule has 2 heterocycles. The number of benzene rings is 4. The van der Waals surface area contributed by atoms with Crippen LogP contribution in [0.25, 0.3) is 0 Å². The molecule has 2 unspecified atom stereocenters. The van der Waals surface area contributed by atoms with Gasteiger partial charge in [-0.15, -0.1) is 0 Å². The average Bonchev–Trinajstić information content (AvgIpc) is 2.91. The Labute approximate surface area is 242 Å². The van der Waals surface area contributed by atoms with Crippen LogP contribution in [0.15, 0.2) is 97.1 Å². The summed E-state index contributed by atoms with van der Waals surface area (Å²) >= 11 is 24.9. The van der Waals surface area contributed by atoms with Crippen molar-refractivity contribution in [2.24, 2.45) is 11.8 Å². The molecule has 0 amide bonds. The van der Waals surface area contributed by atoms with Crippen LogP contribution >= 0.6 is 46.4 Å². The Morgan fingerprint density at radius 3 is 0.816 bits per heavy atom. The fourth-order valence-corrected chi connectivity index (χ4v) is 6.46. The van der Waals surface area contributed by atoms with E-state index in [9.17, 15) is 4.79 Å². The average molecular weight is 582 g/mol. The zero-order chi connectivity index (χ0) is 26.4. The Bertz CT molecular complexity index is 1230. The summed E-state index contributed by atoms with van der Waals surface area (Å²) in [5, 5.41) is 10.4. The fraction of sp³-hybridized carbons (Fsp3) is 0.194. The first-order valence-electron chi connectivity index (χ1n) is 12.5. The lowest BCUT2D eigenvalue weighted by Gasteiger charge is -2.52. The zero-order valence-corrected chi connectivity index (χ0v) is 23.1. The molecular weight excluding hydrogens is 558 g/mol. The zero-order valence-electron chi connectivity index (χ0n) is 20.1. The van der Waals surface area contributed by atoms with E-state index in [1.54, 1.807) is 0 Å². The lowest BCUT2D eigenvalue weighted by atomic mass is 9.64. The van der Waals surface area contributed by atoms with Crippen molar-refractivity contribution in [1.82, 2.24) is 10.6 Å². The van der Waals surface area contributed by atoms with Gasteiger partial charge in [-0.1, -0.05) is 94.9 Å². The molecule has 2 aliphatic rings. The van der Waals surface area contributed by atoms with Gasteiger partial charge in [0.2, 0.25) is 0 Å². The summed E-state index contributed by atoms with van der Waals surface area (Å²) in [5.74, 6) is -0.494. The number of Topliss-reactive ketones (excluding diaryl/α,β-unsaturated/α-hetero) is 1. The van der Waals surface area contributed by atoms with Gasteiger partial charge in [-0.3, -0.25) is 4.79 Å². The van der Waals surface area contributed by atoms with Gasteiger partial charge in [0.15, 0.2) is 0 Å². The molecule has 0 spiro atoms. The first-order valence-corrected chi connectivity index (χ1v) is 14.0. The molecule has 2 fully saturated rings. The molecule has 0 saturated carbocycles. The topological polar surface area (TPSA) is 41.1 Å². The Balaban J connectivity index is 1.51. The molecular formula is C31H24Cl4N2O. The summed E-state index contributed by atoms with van der Waals surface area (Å²) in [4.78, 5) is 14.6. The first kappa shape index (κ1) is 25.9. The second-order valence-electron chi connectivity index (χ2n) is 9.90. The van der Waals surface area contributed by atoms with Gasteiger partial charge in [0.1, 0.15) is 5.78 Å². The van der Waals surface area contributed by atoms with Crippen molar-refractivity contribution in [3.05, 3.63) is 139 Å². The first-order chi connectivity index (χ1) is 18.4. The summed E-state index contributed by atoms with van der Waals surface area (Å²) < 4.78 is 0. The third-order valence-corrected chi connectivity index (χ3v) is 8.74. The Morgan fingerprint density at radius 1 is 0.395 bits per heavy atom. The molecule has 2 N–H and O–H groups in total. The number of hydrogen-bond acceptors (Lipinski definition) is 3. The molecule has 38 heavy (non-hydrogen) atoms. The monoisotopic (exact) mass is 580 g/mol. The van der Waals surface area contributed by atoms with Crippen molar-refractivity contribution >= 4 is 52.2 Å². The van der Waals surface area contributed by atoms with Gasteiger partial charge >= 0.3 is 0 Å². The normalized spacial score (nSPS) is 26.8. The lowest BCUT2D eigenvalue weighted by molar-refractivity contribution is -0.139. The largest absolute Gasteiger partial charge is 0.302 e. The van der Waals surface area contributed by atoms with E-state index in [-0.39, 0.29) is 41.8 Å². The highest BCUT2D eigenvalue weighted by molar-refractivity contribution is 6.31. The van der Waals surface area contributed by atoms with E-state index in [2.05, 4.69) is 10.6 Å². The maximum atomic E-state index is 14.6. The van der Waals surface area contributed by atoms with Crippen molar-refractivity contribution in [2.75, 3.05) is 0 Å². The van der Waals surface area contributed by atoms with Crippen LogP contribution in [-0.2, 0) is 4.79 Å². The smallest absolute Gasteiger partial charge is 0.146 e. The highest BCUT2D eigenvalue weighted by atomic mass is 35.5. The van der Waals surface area contributed by atoms with Crippen molar-refractivity contribution < 1.29 is 4.79 Å². The molecule has 0 aromatic heterocycles. The molecule has 2 bridgehead atoms. The van der Waals surface area contributed by atoms with Crippen LogP contribution in [0.3, 0.4) is 0 Å². The van der Waals surface area contributed by atoms with Crippen LogP contribution < -0.4 is 10.6 Å². The van der Waals surface area contributed by atoms with Crippen LogP contribution in [0.4, 0.5) is 0 Å². The number of hydrogen-bond donors (Lipinski definition) is 2. The van der Waals surface area contributed by atoms with E-state index in [1.807, 2.05) is 97.1 Å².